The van der Waals surface area contributed by atoms with Crippen molar-refractivity contribution >= 4 is 40.6 Å². The molecule has 6 unspecified atom stereocenters. The van der Waals surface area contributed by atoms with Gasteiger partial charge in [-0.25, -0.2) is 0 Å². The fraction of sp³-hybridized carbons (Fsp3) is 0.586. The van der Waals surface area contributed by atoms with Crippen LogP contribution in [0.3, 0.4) is 0 Å². The standard InChI is InChI=1S/C29H36N4O9/c1-12-13-7-8-14(31-15(34)11-33-9-5-4-6-10-33)22(35)17(13)23(36)18-16(12)24(37)20-21(32(2)3)25(38)19(28(30)41)27(40)29(20,42)26(18)39/h7-8,12,16,18-21,24,35,37,42H,4-6,9-11H2,1-3H3,(H2,30,41)(H,31,34)/t12?,16?,18?,19?,20?,21-,24?,29-/m0/s1. The number of nitrogens with two attached hydrogens (primary N) is 1. The molecule has 1 aromatic carbocycles. The molecule has 42 heavy (non-hydrogen) atoms. The van der Waals surface area contributed by atoms with E-state index >= 15 is 0 Å². The van der Waals surface area contributed by atoms with Gasteiger partial charge in [-0.1, -0.05) is 19.4 Å². The van der Waals surface area contributed by atoms with Gasteiger partial charge >= 0.3 is 0 Å². The number of aliphatic hydroxyl groups is 2. The monoisotopic (exact) mass is 584 g/mol. The summed E-state index contributed by atoms with van der Waals surface area (Å²) in [5.41, 5.74) is 2.25. The molecule has 2 amide bonds. The number of carbonyl (C=O) groups excluding carboxylic acids is 6. The third kappa shape index (κ3) is 4.29. The van der Waals surface area contributed by atoms with E-state index < -0.39 is 88.0 Å². The van der Waals surface area contributed by atoms with Gasteiger partial charge in [0, 0.05) is 5.92 Å². The topological polar surface area (TPSA) is 208 Å². The summed E-state index contributed by atoms with van der Waals surface area (Å²) >= 11 is 0. The molecule has 3 fully saturated rings. The second-order valence-corrected chi connectivity index (χ2v) is 12.2. The zero-order valence-corrected chi connectivity index (χ0v) is 23.7. The van der Waals surface area contributed by atoms with E-state index in [0.29, 0.717) is 5.56 Å². The van der Waals surface area contributed by atoms with Crippen molar-refractivity contribution in [2.75, 3.05) is 39.0 Å². The van der Waals surface area contributed by atoms with Crippen LogP contribution in [0.4, 0.5) is 5.69 Å². The number of likely N-dealkylation sites (tertiary alicyclic amines) is 1. The number of Topliss-reactive ketones (excluding diaryl/α,β-unsaturated/α-hetero) is 4. The number of benzene rings is 1. The Morgan fingerprint density at radius 1 is 1.10 bits per heavy atom. The number of likely N-dealkylation sites (N-methyl/N-ethyl adjacent to an activating group) is 1. The predicted octanol–water partition coefficient (Wildman–Crippen LogP) is -1.18. The van der Waals surface area contributed by atoms with E-state index in [-0.39, 0.29) is 17.8 Å². The lowest BCUT2D eigenvalue weighted by atomic mass is 9.49. The van der Waals surface area contributed by atoms with Crippen LogP contribution >= 0.6 is 0 Å². The molecule has 6 N–H and O–H groups in total. The van der Waals surface area contributed by atoms with Crippen molar-refractivity contribution in [2.45, 2.75) is 49.9 Å². The number of aliphatic hydroxyl groups excluding tert-OH is 1. The molecular formula is C29H36N4O9. The molecule has 13 heteroatoms. The first-order valence-corrected chi connectivity index (χ1v) is 14.1. The highest BCUT2D eigenvalue weighted by molar-refractivity contribution is 6.32. The Hall–Kier alpha value is -3.52. The van der Waals surface area contributed by atoms with Crippen LogP contribution in [0.5, 0.6) is 5.75 Å². The van der Waals surface area contributed by atoms with Crippen LogP contribution in [0.25, 0.3) is 0 Å². The van der Waals surface area contributed by atoms with Crippen molar-refractivity contribution in [1.29, 1.82) is 0 Å². The third-order valence-electron chi connectivity index (χ3n) is 9.58. The second-order valence-electron chi connectivity index (χ2n) is 12.2. The molecule has 0 radical (unpaired) electrons. The quantitative estimate of drug-likeness (QED) is 0.206. The smallest absolute Gasteiger partial charge is 0.238 e. The summed E-state index contributed by atoms with van der Waals surface area (Å²) in [5, 5.41) is 37.2. The molecular weight excluding hydrogens is 548 g/mol. The van der Waals surface area contributed by atoms with Gasteiger partial charge in [-0.3, -0.25) is 38.6 Å². The Morgan fingerprint density at radius 3 is 2.33 bits per heavy atom. The Kier molecular flexibility index (Phi) is 7.59. The fourth-order valence-corrected chi connectivity index (χ4v) is 7.60. The molecule has 5 rings (SSSR count). The van der Waals surface area contributed by atoms with Gasteiger partial charge in [0.1, 0.15) is 5.75 Å². The summed E-state index contributed by atoms with van der Waals surface area (Å²) in [7, 11) is 2.87. The zero-order chi connectivity index (χ0) is 30.8. The lowest BCUT2D eigenvalue weighted by Gasteiger charge is -2.56. The van der Waals surface area contributed by atoms with Gasteiger partial charge in [0.2, 0.25) is 11.8 Å². The van der Waals surface area contributed by atoms with Crippen LogP contribution in [-0.2, 0) is 24.0 Å². The maximum Gasteiger partial charge on any atom is 0.238 e. The summed E-state index contributed by atoms with van der Waals surface area (Å²) in [6.45, 7) is 3.26. The summed E-state index contributed by atoms with van der Waals surface area (Å²) < 4.78 is 0. The van der Waals surface area contributed by atoms with Gasteiger partial charge in [0.25, 0.3) is 0 Å². The maximum absolute atomic E-state index is 14.0. The number of nitrogens with one attached hydrogen (secondary N) is 1. The first-order chi connectivity index (χ1) is 19.7. The van der Waals surface area contributed by atoms with Crippen molar-refractivity contribution < 1.29 is 44.1 Å². The molecule has 1 aromatic rings. The van der Waals surface area contributed by atoms with Crippen LogP contribution in [0, 0.1) is 23.7 Å². The van der Waals surface area contributed by atoms with Crippen LogP contribution in [-0.4, -0.2) is 112 Å². The molecule has 4 aliphatic rings. The number of aromatic hydroxyl groups is 1. The number of primary amides is 1. The number of nitrogens with zero attached hydrogens (tertiary/aromatic N) is 2. The van der Waals surface area contributed by atoms with Crippen LogP contribution in [0.2, 0.25) is 0 Å². The highest BCUT2D eigenvalue weighted by Gasteiger charge is 2.72. The Labute approximate surface area is 242 Å². The molecule has 1 aliphatic heterocycles. The normalized spacial score (nSPS) is 35.0. The van der Waals surface area contributed by atoms with Gasteiger partial charge < -0.3 is 26.4 Å². The summed E-state index contributed by atoms with van der Waals surface area (Å²) in [5.74, 6) is -14.5. The van der Waals surface area contributed by atoms with Crippen molar-refractivity contribution in [3.05, 3.63) is 23.3 Å². The highest BCUT2D eigenvalue weighted by Crippen LogP contribution is 2.55. The number of phenolic OH excluding ortho intramolecular Hbond substituents is 1. The Balaban J connectivity index is 1.54. The number of hydrogen-bond donors (Lipinski definition) is 5. The van der Waals surface area contributed by atoms with Gasteiger partial charge in [0.05, 0.1) is 41.8 Å². The van der Waals surface area contributed by atoms with Crippen LogP contribution in [0.1, 0.15) is 48.0 Å². The SMILES string of the molecule is CC1c2ccc(NC(=O)CN3CCCCC3)c(O)c2C(=O)C2C(=O)[C@]3(O)C(=O)C(C(N)=O)C(=O)[C@@H](N(C)C)C3C(O)C21. The summed E-state index contributed by atoms with van der Waals surface area (Å²) in [6, 6.07) is 1.53. The van der Waals surface area contributed by atoms with Gasteiger partial charge in [-0.05, 0) is 57.6 Å². The molecule has 1 saturated heterocycles. The van der Waals surface area contributed by atoms with E-state index in [1.807, 2.05) is 4.90 Å². The van der Waals surface area contributed by atoms with E-state index in [9.17, 15) is 44.1 Å². The molecule has 1 heterocycles. The van der Waals surface area contributed by atoms with Crippen molar-refractivity contribution in [2.24, 2.45) is 29.4 Å². The molecule has 2 saturated carbocycles. The molecule has 3 aliphatic carbocycles. The molecule has 0 bridgehead atoms. The largest absolute Gasteiger partial charge is 0.505 e. The first kappa shape index (κ1) is 30.0. The number of anilines is 1. The maximum atomic E-state index is 14.0. The van der Waals surface area contributed by atoms with E-state index in [1.165, 1.54) is 31.1 Å². The van der Waals surface area contributed by atoms with Crippen molar-refractivity contribution in [3.63, 3.8) is 0 Å². The van der Waals surface area contributed by atoms with Gasteiger partial charge in [0.15, 0.2) is 34.7 Å². The number of piperidine rings is 1. The number of rotatable bonds is 5. The van der Waals surface area contributed by atoms with E-state index in [1.54, 1.807) is 6.92 Å². The summed E-state index contributed by atoms with van der Waals surface area (Å²) in [6.07, 6.45) is 1.35. The van der Waals surface area contributed by atoms with E-state index in [4.69, 9.17) is 5.73 Å². The number of amides is 2. The van der Waals surface area contributed by atoms with Gasteiger partial charge in [-0.15, -0.1) is 0 Å². The molecule has 8 atom stereocenters. The Bertz CT molecular complexity index is 1390. The molecule has 0 aromatic heterocycles. The highest BCUT2D eigenvalue weighted by atomic mass is 16.3. The average molecular weight is 585 g/mol. The number of phenols is 1. The van der Waals surface area contributed by atoms with E-state index in [2.05, 4.69) is 5.32 Å². The van der Waals surface area contributed by atoms with Crippen LogP contribution in [0.15, 0.2) is 12.1 Å². The number of ketones is 4. The number of hydrogen-bond acceptors (Lipinski definition) is 11. The third-order valence-corrected chi connectivity index (χ3v) is 9.58. The van der Waals surface area contributed by atoms with E-state index in [0.717, 1.165) is 32.4 Å². The van der Waals surface area contributed by atoms with Gasteiger partial charge in [-0.2, -0.15) is 0 Å². The first-order valence-electron chi connectivity index (χ1n) is 14.1. The minimum atomic E-state index is -3.06. The lowest BCUT2D eigenvalue weighted by Crippen LogP contribution is -2.77. The average Bonchev–Trinajstić information content (AvgIpc) is 2.92. The zero-order valence-electron chi connectivity index (χ0n) is 23.7. The predicted molar refractivity (Wildman–Crippen MR) is 146 cm³/mol. The molecule has 226 valence electrons. The second kappa shape index (κ2) is 10.6. The minimum Gasteiger partial charge on any atom is -0.505 e. The molecule has 0 spiro atoms. The number of carbonyl (C=O) groups is 6. The minimum absolute atomic E-state index is 0.0454. The van der Waals surface area contributed by atoms with Crippen LogP contribution < -0.4 is 11.1 Å². The van der Waals surface area contributed by atoms with Crippen molar-refractivity contribution in [1.82, 2.24) is 9.80 Å². The molecule has 13 nitrogen and oxygen atoms in total. The number of fused-ring (bicyclic) bond motifs is 3. The lowest BCUT2D eigenvalue weighted by molar-refractivity contribution is -0.196. The Morgan fingerprint density at radius 2 is 1.74 bits per heavy atom. The van der Waals surface area contributed by atoms with Crippen molar-refractivity contribution in [3.8, 4) is 5.75 Å². The fourth-order valence-electron chi connectivity index (χ4n) is 7.60. The summed E-state index contributed by atoms with van der Waals surface area (Å²) in [4.78, 5) is 82.8.